The van der Waals surface area contributed by atoms with Crippen molar-refractivity contribution in [2.24, 2.45) is 0 Å². The molecule has 0 radical (unpaired) electrons. The molecule has 1 N–H and O–H groups in total. The van der Waals surface area contributed by atoms with E-state index in [0.717, 1.165) is 16.6 Å². The fourth-order valence-electron chi connectivity index (χ4n) is 1.30. The van der Waals surface area contributed by atoms with Crippen molar-refractivity contribution in [3.63, 3.8) is 0 Å². The molecule has 1 unspecified atom stereocenters. The molecule has 1 aromatic heterocycles. The molecule has 2 aromatic rings. The van der Waals surface area contributed by atoms with E-state index in [0.29, 0.717) is 0 Å². The molecule has 0 spiro atoms. The maximum atomic E-state index is 11.6. The van der Waals surface area contributed by atoms with Crippen LogP contribution < -0.4 is 5.32 Å². The van der Waals surface area contributed by atoms with E-state index >= 15 is 0 Å². The molecule has 0 bridgehead atoms. The Morgan fingerprint density at radius 1 is 1.56 bits per heavy atom. The van der Waals surface area contributed by atoms with E-state index in [9.17, 15) is 4.79 Å². The zero-order valence-electron chi connectivity index (χ0n) is 9.06. The van der Waals surface area contributed by atoms with Crippen molar-refractivity contribution in [2.45, 2.75) is 13.0 Å². The molecular weight excluding hydrogens is 224 g/mol. The van der Waals surface area contributed by atoms with Crippen LogP contribution in [0.2, 0.25) is 0 Å². The monoisotopic (exact) mass is 236 g/mol. The molecule has 4 nitrogen and oxygen atoms in total. The maximum absolute atomic E-state index is 11.6. The number of methoxy groups -OCH3 is 1. The molecule has 0 aliphatic rings. The van der Waals surface area contributed by atoms with Crippen LogP contribution in [0.5, 0.6) is 0 Å². The topological polar surface area (TPSA) is 51.2 Å². The molecule has 16 heavy (non-hydrogen) atoms. The Labute approximate surface area is 97.4 Å². The Morgan fingerprint density at radius 2 is 2.38 bits per heavy atom. The van der Waals surface area contributed by atoms with Gasteiger partial charge in [0.1, 0.15) is 6.10 Å². The average Bonchev–Trinajstić information content (AvgIpc) is 2.75. The summed E-state index contributed by atoms with van der Waals surface area (Å²) in [7, 11) is 1.51. The molecule has 1 aromatic carbocycles. The molecule has 84 valence electrons. The van der Waals surface area contributed by atoms with Crippen molar-refractivity contribution < 1.29 is 9.53 Å². The summed E-state index contributed by atoms with van der Waals surface area (Å²) in [6.45, 7) is 1.71. The molecule has 0 aliphatic carbocycles. The second-order valence-electron chi connectivity index (χ2n) is 3.46. The summed E-state index contributed by atoms with van der Waals surface area (Å²) in [5.41, 5.74) is 1.71. The van der Waals surface area contributed by atoms with Gasteiger partial charge in [0.25, 0.3) is 5.91 Å². The van der Waals surface area contributed by atoms with Gasteiger partial charge in [-0.3, -0.25) is 4.79 Å². The summed E-state index contributed by atoms with van der Waals surface area (Å²) >= 11 is 1.40. The number of hydrogen-bond donors (Lipinski definition) is 1. The average molecular weight is 236 g/mol. The highest BCUT2D eigenvalue weighted by Crippen LogP contribution is 2.19. The quantitative estimate of drug-likeness (QED) is 0.889. The van der Waals surface area contributed by atoms with Crippen molar-refractivity contribution in [3.05, 3.63) is 23.6 Å². The summed E-state index contributed by atoms with van der Waals surface area (Å²) in [5.74, 6) is -0.148. The number of carbonyl (C=O) groups excluding carboxylic acids is 1. The minimum absolute atomic E-state index is 0.148. The lowest BCUT2D eigenvalue weighted by Crippen LogP contribution is -2.26. The number of fused-ring (bicyclic) bond motifs is 1. The lowest BCUT2D eigenvalue weighted by atomic mass is 10.2. The van der Waals surface area contributed by atoms with Crippen molar-refractivity contribution in [1.82, 2.24) is 4.37 Å². The van der Waals surface area contributed by atoms with Crippen LogP contribution in [0.1, 0.15) is 6.92 Å². The molecule has 1 heterocycles. The first-order valence-corrected chi connectivity index (χ1v) is 5.72. The van der Waals surface area contributed by atoms with Gasteiger partial charge in [0.05, 0.1) is 5.52 Å². The number of aromatic nitrogens is 1. The summed E-state index contributed by atoms with van der Waals surface area (Å²) in [6, 6.07) is 5.63. The van der Waals surface area contributed by atoms with Gasteiger partial charge in [0.15, 0.2) is 0 Å². The van der Waals surface area contributed by atoms with Gasteiger partial charge in [-0.05, 0) is 36.7 Å². The third-order valence-corrected chi connectivity index (χ3v) is 3.01. The Hall–Kier alpha value is -1.46. The first kappa shape index (κ1) is 11.0. The Morgan fingerprint density at radius 3 is 3.12 bits per heavy atom. The van der Waals surface area contributed by atoms with Gasteiger partial charge in [-0.1, -0.05) is 0 Å². The number of hydrogen-bond acceptors (Lipinski definition) is 4. The molecule has 1 atom stereocenters. The zero-order chi connectivity index (χ0) is 11.5. The minimum atomic E-state index is -0.448. The van der Waals surface area contributed by atoms with Crippen molar-refractivity contribution in [2.75, 3.05) is 12.4 Å². The van der Waals surface area contributed by atoms with Crippen LogP contribution in [0.15, 0.2) is 23.6 Å². The van der Waals surface area contributed by atoms with Crippen LogP contribution in [-0.4, -0.2) is 23.5 Å². The number of amides is 1. The molecule has 0 saturated carbocycles. The third kappa shape index (κ3) is 2.20. The molecule has 0 saturated heterocycles. The first-order valence-electron chi connectivity index (χ1n) is 4.88. The van der Waals surface area contributed by atoms with Crippen LogP contribution in [0.25, 0.3) is 10.9 Å². The first-order chi connectivity index (χ1) is 7.70. The van der Waals surface area contributed by atoms with Crippen LogP contribution in [-0.2, 0) is 9.53 Å². The summed E-state index contributed by atoms with van der Waals surface area (Å²) in [5, 5.41) is 5.77. The molecule has 2 rings (SSSR count). The van der Waals surface area contributed by atoms with Gasteiger partial charge < -0.3 is 10.1 Å². The normalized spacial score (nSPS) is 12.6. The predicted molar refractivity (Wildman–Crippen MR) is 64.7 cm³/mol. The molecule has 1 amide bonds. The highest BCUT2D eigenvalue weighted by atomic mass is 32.1. The summed E-state index contributed by atoms with van der Waals surface area (Å²) in [4.78, 5) is 11.6. The van der Waals surface area contributed by atoms with E-state index in [1.54, 1.807) is 6.92 Å². The standard InChI is InChI=1S/C11H12N2O2S/c1-7(15-2)11(14)12-9-3-4-10-8(5-9)6-16-13-10/h3-7H,1-2H3,(H,12,14). The van der Waals surface area contributed by atoms with Crippen LogP contribution in [0.3, 0.4) is 0 Å². The predicted octanol–water partition coefficient (Wildman–Crippen LogP) is 2.27. The molecule has 0 fully saturated rings. The SMILES string of the molecule is COC(C)C(=O)Nc1ccc2nscc2c1. The number of rotatable bonds is 3. The maximum Gasteiger partial charge on any atom is 0.253 e. The van der Waals surface area contributed by atoms with Crippen LogP contribution in [0, 0.1) is 0 Å². The lowest BCUT2D eigenvalue weighted by molar-refractivity contribution is -0.124. The number of nitrogens with zero attached hydrogens (tertiary/aromatic N) is 1. The van der Waals surface area contributed by atoms with Crippen LogP contribution >= 0.6 is 11.5 Å². The number of nitrogens with one attached hydrogen (secondary N) is 1. The van der Waals surface area contributed by atoms with E-state index in [1.807, 2.05) is 23.6 Å². The number of ether oxygens (including phenoxy) is 1. The minimum Gasteiger partial charge on any atom is -0.372 e. The Bertz CT molecular complexity index is 509. The van der Waals surface area contributed by atoms with Crippen molar-refractivity contribution in [3.8, 4) is 0 Å². The van der Waals surface area contributed by atoms with Crippen molar-refractivity contribution >= 4 is 34.0 Å². The second-order valence-corrected chi connectivity index (χ2v) is 4.08. The van der Waals surface area contributed by atoms with E-state index in [1.165, 1.54) is 18.6 Å². The molecule has 0 aliphatic heterocycles. The van der Waals surface area contributed by atoms with Crippen molar-refractivity contribution in [1.29, 1.82) is 0 Å². The lowest BCUT2D eigenvalue weighted by Gasteiger charge is -2.10. The zero-order valence-corrected chi connectivity index (χ0v) is 9.88. The van der Waals surface area contributed by atoms with E-state index < -0.39 is 6.10 Å². The van der Waals surface area contributed by atoms with Gasteiger partial charge in [0.2, 0.25) is 0 Å². The van der Waals surface area contributed by atoms with Gasteiger partial charge in [-0.15, -0.1) is 0 Å². The van der Waals surface area contributed by atoms with E-state index in [4.69, 9.17) is 4.74 Å². The van der Waals surface area contributed by atoms with Crippen LogP contribution in [0.4, 0.5) is 5.69 Å². The summed E-state index contributed by atoms with van der Waals surface area (Å²) in [6.07, 6.45) is -0.448. The number of anilines is 1. The fraction of sp³-hybridized carbons (Fsp3) is 0.273. The highest BCUT2D eigenvalue weighted by molar-refractivity contribution is 7.04. The second kappa shape index (κ2) is 4.59. The number of carbonyl (C=O) groups is 1. The fourth-order valence-corrected chi connectivity index (χ4v) is 1.94. The molecule has 5 heteroatoms. The van der Waals surface area contributed by atoms with Gasteiger partial charge >= 0.3 is 0 Å². The number of benzene rings is 1. The largest absolute Gasteiger partial charge is 0.372 e. The van der Waals surface area contributed by atoms with E-state index in [-0.39, 0.29) is 5.91 Å². The van der Waals surface area contributed by atoms with Gasteiger partial charge in [0, 0.05) is 23.6 Å². The Balaban J connectivity index is 2.17. The van der Waals surface area contributed by atoms with Gasteiger partial charge in [-0.2, -0.15) is 4.37 Å². The Kier molecular flexibility index (Phi) is 3.17. The third-order valence-electron chi connectivity index (χ3n) is 2.35. The van der Waals surface area contributed by atoms with E-state index in [2.05, 4.69) is 9.69 Å². The highest BCUT2D eigenvalue weighted by Gasteiger charge is 2.11. The smallest absolute Gasteiger partial charge is 0.253 e. The molecular formula is C11H12N2O2S. The van der Waals surface area contributed by atoms with Gasteiger partial charge in [-0.25, -0.2) is 0 Å². The summed E-state index contributed by atoms with van der Waals surface area (Å²) < 4.78 is 9.13.